The summed E-state index contributed by atoms with van der Waals surface area (Å²) >= 11 is 0. The minimum atomic E-state index is -1.95. The highest BCUT2D eigenvalue weighted by Crippen LogP contribution is 2.52. The molecule has 3 atom stereocenters. The SMILES string of the molecule is CC(C1OC=CO1)C1(O[Si](C)(C)C)COC1c1ccccc1OC(=O)C(C)(C)C. The van der Waals surface area contributed by atoms with Gasteiger partial charge in [0.15, 0.2) is 8.32 Å². The maximum absolute atomic E-state index is 12.5. The Bertz CT molecular complexity index is 770. The van der Waals surface area contributed by atoms with E-state index in [2.05, 4.69) is 26.6 Å². The van der Waals surface area contributed by atoms with Gasteiger partial charge in [0.05, 0.1) is 17.9 Å². The summed E-state index contributed by atoms with van der Waals surface area (Å²) in [7, 11) is -1.95. The number of para-hydroxylation sites is 1. The fraction of sp³-hybridized carbons (Fsp3) is 0.591. The predicted octanol–water partition coefficient (Wildman–Crippen LogP) is 4.78. The molecule has 0 amide bonds. The smallest absolute Gasteiger partial charge is 0.316 e. The summed E-state index contributed by atoms with van der Waals surface area (Å²) in [6.07, 6.45) is 2.27. The molecule has 160 valence electrons. The largest absolute Gasteiger partial charge is 0.459 e. The van der Waals surface area contributed by atoms with Crippen molar-refractivity contribution in [2.24, 2.45) is 11.3 Å². The Hall–Kier alpha value is -1.83. The third kappa shape index (κ3) is 4.52. The van der Waals surface area contributed by atoms with Crippen LogP contribution in [0.5, 0.6) is 5.75 Å². The van der Waals surface area contributed by atoms with Crippen LogP contribution in [-0.2, 0) is 23.4 Å². The van der Waals surface area contributed by atoms with E-state index in [9.17, 15) is 4.79 Å². The van der Waals surface area contributed by atoms with Crippen LogP contribution in [-0.4, -0.2) is 32.8 Å². The average molecular weight is 421 g/mol. The lowest BCUT2D eigenvalue weighted by Gasteiger charge is -2.55. The second-order valence-electron chi connectivity index (χ2n) is 9.74. The first-order valence-electron chi connectivity index (χ1n) is 10.0. The number of carbonyl (C=O) groups excluding carboxylic acids is 1. The monoisotopic (exact) mass is 420 g/mol. The van der Waals surface area contributed by atoms with Crippen LogP contribution in [0.4, 0.5) is 0 Å². The molecule has 1 aromatic rings. The van der Waals surface area contributed by atoms with Gasteiger partial charge in [-0.15, -0.1) is 0 Å². The fourth-order valence-corrected chi connectivity index (χ4v) is 5.05. The van der Waals surface area contributed by atoms with Crippen molar-refractivity contribution in [1.82, 2.24) is 0 Å². The quantitative estimate of drug-likeness (QED) is 0.375. The maximum Gasteiger partial charge on any atom is 0.316 e. The van der Waals surface area contributed by atoms with Crippen molar-refractivity contribution in [3.05, 3.63) is 42.4 Å². The second-order valence-corrected chi connectivity index (χ2v) is 14.2. The van der Waals surface area contributed by atoms with Gasteiger partial charge in [-0.1, -0.05) is 25.1 Å². The van der Waals surface area contributed by atoms with E-state index in [1.807, 2.05) is 39.0 Å². The number of rotatable bonds is 6. The van der Waals surface area contributed by atoms with Crippen LogP contribution in [0.25, 0.3) is 0 Å². The summed E-state index contributed by atoms with van der Waals surface area (Å²) in [5, 5.41) is 0. The molecule has 1 fully saturated rings. The van der Waals surface area contributed by atoms with Gasteiger partial charge in [0, 0.05) is 5.56 Å². The third-order valence-electron chi connectivity index (χ3n) is 5.09. The summed E-state index contributed by atoms with van der Waals surface area (Å²) < 4.78 is 29.8. The van der Waals surface area contributed by atoms with Gasteiger partial charge in [-0.2, -0.15) is 0 Å². The average Bonchev–Trinajstić information content (AvgIpc) is 3.12. The number of ether oxygens (including phenoxy) is 4. The maximum atomic E-state index is 12.5. The minimum Gasteiger partial charge on any atom is -0.459 e. The van der Waals surface area contributed by atoms with Crippen molar-refractivity contribution in [2.45, 2.75) is 65.3 Å². The first-order chi connectivity index (χ1) is 13.4. The van der Waals surface area contributed by atoms with E-state index in [-0.39, 0.29) is 18.0 Å². The van der Waals surface area contributed by atoms with Crippen LogP contribution >= 0.6 is 0 Å². The highest BCUT2D eigenvalue weighted by Gasteiger charge is 2.59. The Kier molecular flexibility index (Phi) is 5.86. The van der Waals surface area contributed by atoms with Gasteiger partial charge in [0.25, 0.3) is 0 Å². The molecule has 6 nitrogen and oxygen atoms in total. The molecule has 29 heavy (non-hydrogen) atoms. The number of hydrogen-bond acceptors (Lipinski definition) is 6. The first-order valence-corrected chi connectivity index (χ1v) is 13.4. The van der Waals surface area contributed by atoms with Gasteiger partial charge < -0.3 is 23.4 Å². The first kappa shape index (κ1) is 21.9. The third-order valence-corrected chi connectivity index (χ3v) is 6.08. The molecule has 2 aliphatic heterocycles. The highest BCUT2D eigenvalue weighted by atomic mass is 28.4. The van der Waals surface area contributed by atoms with E-state index in [1.165, 1.54) is 0 Å². The van der Waals surface area contributed by atoms with Crippen molar-refractivity contribution in [2.75, 3.05) is 6.61 Å². The van der Waals surface area contributed by atoms with Crippen molar-refractivity contribution in [3.63, 3.8) is 0 Å². The lowest BCUT2D eigenvalue weighted by atomic mass is 9.76. The number of hydrogen-bond donors (Lipinski definition) is 0. The van der Waals surface area contributed by atoms with E-state index in [1.54, 1.807) is 18.6 Å². The van der Waals surface area contributed by atoms with Gasteiger partial charge in [-0.3, -0.25) is 4.79 Å². The molecule has 0 N–H and O–H groups in total. The van der Waals surface area contributed by atoms with Crippen LogP contribution in [0.2, 0.25) is 19.6 Å². The Morgan fingerprint density at radius 2 is 1.79 bits per heavy atom. The van der Waals surface area contributed by atoms with E-state index in [0.717, 1.165) is 5.56 Å². The van der Waals surface area contributed by atoms with Gasteiger partial charge in [0.1, 0.15) is 30.0 Å². The number of carbonyl (C=O) groups is 1. The normalized spacial score (nSPS) is 25.7. The van der Waals surface area contributed by atoms with E-state index < -0.39 is 25.6 Å². The Labute approximate surface area is 174 Å². The molecule has 0 aliphatic carbocycles. The molecule has 0 aromatic heterocycles. The number of esters is 1. The summed E-state index contributed by atoms with van der Waals surface area (Å²) in [5.41, 5.74) is -0.442. The molecule has 2 aliphatic rings. The molecule has 1 aromatic carbocycles. The van der Waals surface area contributed by atoms with E-state index in [0.29, 0.717) is 12.4 Å². The molecule has 0 radical (unpaired) electrons. The van der Waals surface area contributed by atoms with Crippen LogP contribution in [0.1, 0.15) is 39.4 Å². The van der Waals surface area contributed by atoms with Gasteiger partial charge >= 0.3 is 5.97 Å². The van der Waals surface area contributed by atoms with Crippen molar-refractivity contribution < 1.29 is 28.2 Å². The van der Waals surface area contributed by atoms with Crippen molar-refractivity contribution in [1.29, 1.82) is 0 Å². The highest BCUT2D eigenvalue weighted by molar-refractivity contribution is 6.69. The fourth-order valence-electron chi connectivity index (χ4n) is 3.56. The van der Waals surface area contributed by atoms with Crippen LogP contribution in [0.3, 0.4) is 0 Å². The van der Waals surface area contributed by atoms with Crippen molar-refractivity contribution >= 4 is 14.3 Å². The summed E-state index contributed by atoms with van der Waals surface area (Å²) in [5.74, 6) is 0.106. The Balaban J connectivity index is 1.95. The molecule has 0 spiro atoms. The van der Waals surface area contributed by atoms with Gasteiger partial charge in [0.2, 0.25) is 6.29 Å². The molecule has 1 saturated heterocycles. The van der Waals surface area contributed by atoms with E-state index in [4.69, 9.17) is 23.4 Å². The summed E-state index contributed by atoms with van der Waals surface area (Å²) in [4.78, 5) is 12.5. The standard InChI is InChI=1S/C22H32O6Si/c1-15(19-24-12-13-25-19)22(28-29(5,6)7)14-26-18(22)16-10-8-9-11-17(16)27-20(23)21(2,3)4/h8-13,15,18-19H,14H2,1-7H3. The topological polar surface area (TPSA) is 63.2 Å². The molecule has 2 heterocycles. The van der Waals surface area contributed by atoms with Crippen LogP contribution in [0, 0.1) is 11.3 Å². The van der Waals surface area contributed by atoms with Crippen LogP contribution < -0.4 is 4.74 Å². The zero-order chi connectivity index (χ0) is 21.4. The molecule has 3 rings (SSSR count). The molecule has 7 heteroatoms. The lowest BCUT2D eigenvalue weighted by Crippen LogP contribution is -2.64. The second kappa shape index (κ2) is 7.78. The molecular weight excluding hydrogens is 388 g/mol. The van der Waals surface area contributed by atoms with Crippen molar-refractivity contribution in [3.8, 4) is 5.75 Å². The minimum absolute atomic E-state index is 0.102. The van der Waals surface area contributed by atoms with Crippen LogP contribution in [0.15, 0.2) is 36.8 Å². The molecule has 3 unspecified atom stereocenters. The molecule has 0 saturated carbocycles. The molecular formula is C22H32O6Si. The summed E-state index contributed by atoms with van der Waals surface area (Å²) in [6, 6.07) is 7.50. The predicted molar refractivity (Wildman–Crippen MR) is 112 cm³/mol. The van der Waals surface area contributed by atoms with Gasteiger partial charge in [-0.25, -0.2) is 0 Å². The zero-order valence-electron chi connectivity index (χ0n) is 18.4. The van der Waals surface area contributed by atoms with Gasteiger partial charge in [-0.05, 0) is 46.5 Å². The summed E-state index contributed by atoms with van der Waals surface area (Å²) in [6.45, 7) is 14.4. The lowest BCUT2D eigenvalue weighted by molar-refractivity contribution is -0.280. The molecule has 0 bridgehead atoms. The number of benzene rings is 1. The zero-order valence-corrected chi connectivity index (χ0v) is 19.4. The Morgan fingerprint density at radius 3 is 2.31 bits per heavy atom. The van der Waals surface area contributed by atoms with E-state index >= 15 is 0 Å². The Morgan fingerprint density at radius 1 is 1.17 bits per heavy atom.